The van der Waals surface area contributed by atoms with E-state index in [0.717, 1.165) is 12.1 Å². The molecule has 0 radical (unpaired) electrons. The van der Waals surface area contributed by atoms with Gasteiger partial charge in [0.05, 0.1) is 18.5 Å². The quantitative estimate of drug-likeness (QED) is 0.408. The minimum absolute atomic E-state index is 0.0857. The van der Waals surface area contributed by atoms with Crippen molar-refractivity contribution in [1.29, 1.82) is 0 Å². The van der Waals surface area contributed by atoms with Crippen molar-refractivity contribution < 1.29 is 19.6 Å². The summed E-state index contributed by atoms with van der Waals surface area (Å²) in [7, 11) is 1.22. The number of nitro groups is 1. The van der Waals surface area contributed by atoms with Crippen LogP contribution in [0.2, 0.25) is 0 Å². The highest BCUT2D eigenvalue weighted by molar-refractivity contribution is 5.72. The molecule has 80 valence electrons. The molecule has 1 aromatic rings. The molecule has 0 aliphatic carbocycles. The van der Waals surface area contributed by atoms with E-state index in [1.54, 1.807) is 0 Å². The molecular formula is C9H8NO5-. The first-order valence-electron chi connectivity index (χ1n) is 4.05. The molecule has 1 aromatic carbocycles. The van der Waals surface area contributed by atoms with Crippen molar-refractivity contribution in [2.75, 3.05) is 7.11 Å². The van der Waals surface area contributed by atoms with Crippen LogP contribution in [0.3, 0.4) is 0 Å². The van der Waals surface area contributed by atoms with Gasteiger partial charge in [0, 0.05) is 6.07 Å². The number of hydrogen-bond donors (Lipinski definition) is 0. The summed E-state index contributed by atoms with van der Waals surface area (Å²) < 4.78 is 4.40. The van der Waals surface area contributed by atoms with Crippen LogP contribution in [-0.2, 0) is 16.0 Å². The molecular weight excluding hydrogens is 202 g/mol. The van der Waals surface area contributed by atoms with E-state index in [1.165, 1.54) is 13.2 Å². The number of carbonyl (C=O) groups is 1. The summed E-state index contributed by atoms with van der Waals surface area (Å²) in [6.07, 6.45) is -0.0857. The fourth-order valence-electron chi connectivity index (χ4n) is 1.05. The molecule has 1 rings (SSSR count). The second kappa shape index (κ2) is 4.41. The molecule has 0 unspecified atom stereocenters. The SMILES string of the molecule is COC(=O)Cc1ccc([O-])c([N+](=O)[O-])c1. The zero-order valence-corrected chi connectivity index (χ0v) is 7.93. The number of nitrogens with zero attached hydrogens (tertiary/aromatic N) is 1. The monoisotopic (exact) mass is 210 g/mol. The molecule has 0 heterocycles. The van der Waals surface area contributed by atoms with Crippen LogP contribution in [0, 0.1) is 10.1 Å². The maximum atomic E-state index is 11.0. The van der Waals surface area contributed by atoms with Gasteiger partial charge < -0.3 is 9.84 Å². The first-order valence-corrected chi connectivity index (χ1v) is 4.05. The predicted octanol–water partition coefficient (Wildman–Crippen LogP) is 0.384. The van der Waals surface area contributed by atoms with Crippen molar-refractivity contribution in [1.82, 2.24) is 0 Å². The predicted molar refractivity (Wildman–Crippen MR) is 48.3 cm³/mol. The summed E-state index contributed by atoms with van der Waals surface area (Å²) in [6.45, 7) is 0. The van der Waals surface area contributed by atoms with Gasteiger partial charge in [-0.2, -0.15) is 0 Å². The van der Waals surface area contributed by atoms with Crippen LogP contribution < -0.4 is 5.11 Å². The largest absolute Gasteiger partial charge is 0.868 e. The van der Waals surface area contributed by atoms with E-state index in [1.807, 2.05) is 0 Å². The van der Waals surface area contributed by atoms with Gasteiger partial charge in [-0.1, -0.05) is 12.1 Å². The van der Waals surface area contributed by atoms with Crippen LogP contribution >= 0.6 is 0 Å². The number of benzene rings is 1. The normalized spacial score (nSPS) is 9.67. The third-order valence-corrected chi connectivity index (χ3v) is 1.80. The van der Waals surface area contributed by atoms with E-state index in [4.69, 9.17) is 0 Å². The molecule has 0 saturated heterocycles. The second-order valence-corrected chi connectivity index (χ2v) is 2.81. The highest BCUT2D eigenvalue weighted by Gasteiger charge is 2.10. The zero-order valence-electron chi connectivity index (χ0n) is 7.93. The van der Waals surface area contributed by atoms with Gasteiger partial charge in [0.15, 0.2) is 0 Å². The molecule has 0 atom stereocenters. The lowest BCUT2D eigenvalue weighted by atomic mass is 10.1. The Morgan fingerprint density at radius 2 is 2.20 bits per heavy atom. The summed E-state index contributed by atoms with van der Waals surface area (Å²) in [4.78, 5) is 20.5. The van der Waals surface area contributed by atoms with Gasteiger partial charge >= 0.3 is 5.97 Å². The highest BCUT2D eigenvalue weighted by Crippen LogP contribution is 2.23. The van der Waals surface area contributed by atoms with Gasteiger partial charge in [0.1, 0.15) is 0 Å². The standard InChI is InChI=1S/C9H9NO5/c1-15-9(12)5-6-2-3-8(11)7(4-6)10(13)14/h2-4,11H,5H2,1H3/p-1. The fraction of sp³-hybridized carbons (Fsp3) is 0.222. The van der Waals surface area contributed by atoms with Crippen molar-refractivity contribution >= 4 is 11.7 Å². The molecule has 0 aliphatic rings. The molecule has 0 fully saturated rings. The number of carbonyl (C=O) groups excluding carboxylic acids is 1. The molecule has 15 heavy (non-hydrogen) atoms. The van der Waals surface area contributed by atoms with Gasteiger partial charge in [0.2, 0.25) is 0 Å². The van der Waals surface area contributed by atoms with Crippen molar-refractivity contribution in [2.45, 2.75) is 6.42 Å². The highest BCUT2D eigenvalue weighted by atomic mass is 16.6. The molecule has 0 aliphatic heterocycles. The van der Waals surface area contributed by atoms with Crippen LogP contribution in [0.4, 0.5) is 5.69 Å². The van der Waals surface area contributed by atoms with Gasteiger partial charge in [-0.05, 0) is 11.3 Å². The maximum Gasteiger partial charge on any atom is 0.309 e. The number of hydrogen-bond acceptors (Lipinski definition) is 5. The van der Waals surface area contributed by atoms with E-state index in [2.05, 4.69) is 4.74 Å². The smallest absolute Gasteiger partial charge is 0.309 e. The van der Waals surface area contributed by atoms with Crippen molar-refractivity contribution in [3.8, 4) is 5.75 Å². The van der Waals surface area contributed by atoms with Crippen LogP contribution in [0.5, 0.6) is 5.75 Å². The Morgan fingerprint density at radius 1 is 1.53 bits per heavy atom. The minimum Gasteiger partial charge on any atom is -0.868 e. The van der Waals surface area contributed by atoms with Crippen LogP contribution in [-0.4, -0.2) is 18.0 Å². The van der Waals surface area contributed by atoms with Gasteiger partial charge in [-0.15, -0.1) is 0 Å². The van der Waals surface area contributed by atoms with Crippen LogP contribution in [0.25, 0.3) is 0 Å². The Hall–Kier alpha value is -2.11. The topological polar surface area (TPSA) is 92.5 Å². The average molecular weight is 210 g/mol. The molecule has 6 nitrogen and oxygen atoms in total. The van der Waals surface area contributed by atoms with E-state index in [9.17, 15) is 20.0 Å². The van der Waals surface area contributed by atoms with E-state index < -0.39 is 22.3 Å². The van der Waals surface area contributed by atoms with Crippen molar-refractivity contribution in [3.05, 3.63) is 33.9 Å². The molecule has 0 amide bonds. The van der Waals surface area contributed by atoms with Gasteiger partial charge in [-0.3, -0.25) is 14.9 Å². The van der Waals surface area contributed by atoms with Crippen molar-refractivity contribution in [2.24, 2.45) is 0 Å². The average Bonchev–Trinajstić information content (AvgIpc) is 2.20. The lowest BCUT2D eigenvalue weighted by Gasteiger charge is -2.07. The van der Waals surface area contributed by atoms with Gasteiger partial charge in [0.25, 0.3) is 5.69 Å². The second-order valence-electron chi connectivity index (χ2n) is 2.81. The number of esters is 1. The summed E-state index contributed by atoms with van der Waals surface area (Å²) in [6, 6.07) is 3.52. The Bertz CT molecular complexity index is 401. The number of rotatable bonds is 3. The van der Waals surface area contributed by atoms with E-state index in [0.29, 0.717) is 5.56 Å². The molecule has 0 bridgehead atoms. The maximum absolute atomic E-state index is 11.0. The van der Waals surface area contributed by atoms with E-state index >= 15 is 0 Å². The van der Waals surface area contributed by atoms with Crippen LogP contribution in [0.15, 0.2) is 18.2 Å². The Kier molecular flexibility index (Phi) is 3.22. The number of nitro benzene ring substituents is 1. The number of methoxy groups -OCH3 is 1. The number of ether oxygens (including phenoxy) is 1. The van der Waals surface area contributed by atoms with E-state index in [-0.39, 0.29) is 6.42 Å². The lowest BCUT2D eigenvalue weighted by Crippen LogP contribution is -2.05. The molecule has 0 aromatic heterocycles. The summed E-state index contributed by atoms with van der Waals surface area (Å²) in [5.41, 5.74) is -0.149. The molecule has 6 heteroatoms. The molecule has 0 spiro atoms. The third-order valence-electron chi connectivity index (χ3n) is 1.80. The Balaban J connectivity index is 2.97. The summed E-state index contributed by atoms with van der Waals surface area (Å²) >= 11 is 0. The molecule has 0 N–H and O–H groups in total. The van der Waals surface area contributed by atoms with Crippen LogP contribution in [0.1, 0.15) is 5.56 Å². The Labute approximate surface area is 85.2 Å². The fourth-order valence-corrected chi connectivity index (χ4v) is 1.05. The lowest BCUT2D eigenvalue weighted by molar-refractivity contribution is -0.398. The Morgan fingerprint density at radius 3 is 2.73 bits per heavy atom. The first kappa shape index (κ1) is 11.0. The third kappa shape index (κ3) is 2.67. The molecule has 0 saturated carbocycles. The summed E-state index contributed by atoms with van der Waals surface area (Å²) in [5, 5.41) is 21.4. The minimum atomic E-state index is -0.775. The van der Waals surface area contributed by atoms with Gasteiger partial charge in [-0.25, -0.2) is 0 Å². The summed E-state index contributed by atoms with van der Waals surface area (Å²) in [5.74, 6) is -1.18. The first-order chi connectivity index (χ1) is 7.04. The zero-order chi connectivity index (χ0) is 11.4. The van der Waals surface area contributed by atoms with Crippen molar-refractivity contribution in [3.63, 3.8) is 0 Å².